The van der Waals surface area contributed by atoms with Gasteiger partial charge < -0.3 is 10.2 Å². The smallest absolute Gasteiger partial charge is 0.242 e. The molecule has 0 fully saturated rings. The van der Waals surface area contributed by atoms with Crippen molar-refractivity contribution < 1.29 is 9.59 Å². The Morgan fingerprint density at radius 1 is 1.00 bits per heavy atom. The van der Waals surface area contributed by atoms with Crippen LogP contribution < -0.4 is 5.32 Å². The molecule has 0 heterocycles. The molecule has 2 aromatic rings. The van der Waals surface area contributed by atoms with Gasteiger partial charge in [-0.25, -0.2) is 0 Å². The van der Waals surface area contributed by atoms with E-state index in [1.54, 1.807) is 4.90 Å². The third kappa shape index (κ3) is 6.72. The van der Waals surface area contributed by atoms with Crippen LogP contribution >= 0.6 is 0 Å². The first-order chi connectivity index (χ1) is 14.3. The van der Waals surface area contributed by atoms with E-state index in [4.69, 9.17) is 0 Å². The molecule has 0 aliphatic rings. The second-order valence-corrected chi connectivity index (χ2v) is 8.31. The van der Waals surface area contributed by atoms with E-state index in [9.17, 15) is 9.59 Å². The summed E-state index contributed by atoms with van der Waals surface area (Å²) in [7, 11) is 0. The molecule has 0 spiro atoms. The van der Waals surface area contributed by atoms with Crippen molar-refractivity contribution in [1.82, 2.24) is 10.2 Å². The Hall–Kier alpha value is -2.62. The first-order valence-electron chi connectivity index (χ1n) is 11.0. The zero-order valence-electron chi connectivity index (χ0n) is 19.1. The topological polar surface area (TPSA) is 49.4 Å². The van der Waals surface area contributed by atoms with Crippen LogP contribution in [-0.4, -0.2) is 29.3 Å². The van der Waals surface area contributed by atoms with Gasteiger partial charge in [-0.1, -0.05) is 69.3 Å². The minimum atomic E-state index is -0.507. The third-order valence-electron chi connectivity index (χ3n) is 5.59. The summed E-state index contributed by atoms with van der Waals surface area (Å²) in [5, 5.41) is 2.93. The van der Waals surface area contributed by atoms with Crippen LogP contribution in [0.15, 0.2) is 48.5 Å². The largest absolute Gasteiger partial charge is 0.354 e. The van der Waals surface area contributed by atoms with Gasteiger partial charge in [-0.2, -0.15) is 0 Å². The number of carbonyl (C=O) groups is 2. The molecule has 0 bridgehead atoms. The fourth-order valence-electron chi connectivity index (χ4n) is 3.41. The van der Waals surface area contributed by atoms with E-state index < -0.39 is 6.04 Å². The molecule has 0 aliphatic carbocycles. The Morgan fingerprint density at radius 3 is 2.27 bits per heavy atom. The van der Waals surface area contributed by atoms with Gasteiger partial charge in [-0.3, -0.25) is 9.59 Å². The van der Waals surface area contributed by atoms with E-state index in [1.165, 1.54) is 5.56 Å². The van der Waals surface area contributed by atoms with E-state index in [0.717, 1.165) is 23.1 Å². The first kappa shape index (κ1) is 23.7. The van der Waals surface area contributed by atoms with Crippen LogP contribution in [0.4, 0.5) is 0 Å². The Labute approximate surface area is 181 Å². The quantitative estimate of drug-likeness (QED) is 0.602. The van der Waals surface area contributed by atoms with Crippen LogP contribution in [0.1, 0.15) is 68.7 Å². The maximum absolute atomic E-state index is 13.2. The molecule has 0 aromatic heterocycles. The predicted molar refractivity (Wildman–Crippen MR) is 123 cm³/mol. The third-order valence-corrected chi connectivity index (χ3v) is 5.59. The molecular formula is C26H36N2O2. The number of aryl methyl sites for hydroxylation is 2. The van der Waals surface area contributed by atoms with Crippen molar-refractivity contribution in [2.75, 3.05) is 6.54 Å². The number of nitrogens with one attached hydrogen (secondary N) is 1. The SMILES string of the molecule is CCCNC(=O)C(C)N(Cc1ccccc1C)C(=O)CCc1ccc(C(C)C)cc1. The molecule has 0 saturated heterocycles. The van der Waals surface area contributed by atoms with Crippen molar-refractivity contribution in [3.63, 3.8) is 0 Å². The summed E-state index contributed by atoms with van der Waals surface area (Å²) in [6.07, 6.45) is 1.93. The minimum absolute atomic E-state index is 0.00494. The number of carbonyl (C=O) groups excluding carboxylic acids is 2. The van der Waals surface area contributed by atoms with Crippen molar-refractivity contribution in [2.45, 2.75) is 72.4 Å². The number of amides is 2. The van der Waals surface area contributed by atoms with E-state index in [0.29, 0.717) is 31.8 Å². The summed E-state index contributed by atoms with van der Waals surface area (Å²) < 4.78 is 0. The van der Waals surface area contributed by atoms with Gasteiger partial charge in [-0.15, -0.1) is 0 Å². The van der Waals surface area contributed by atoms with Gasteiger partial charge in [0, 0.05) is 19.5 Å². The molecule has 2 amide bonds. The Balaban J connectivity index is 2.12. The maximum Gasteiger partial charge on any atom is 0.242 e. The van der Waals surface area contributed by atoms with Gasteiger partial charge in [-0.05, 0) is 54.9 Å². The highest BCUT2D eigenvalue weighted by Gasteiger charge is 2.26. The Kier molecular flexibility index (Phi) is 9.10. The molecule has 30 heavy (non-hydrogen) atoms. The number of benzene rings is 2. The van der Waals surface area contributed by atoms with Crippen LogP contribution in [0.25, 0.3) is 0 Å². The van der Waals surface area contributed by atoms with Gasteiger partial charge in [0.1, 0.15) is 6.04 Å². The van der Waals surface area contributed by atoms with Gasteiger partial charge in [0.2, 0.25) is 11.8 Å². The molecule has 2 rings (SSSR count). The minimum Gasteiger partial charge on any atom is -0.354 e. The lowest BCUT2D eigenvalue weighted by atomic mass is 10.00. The monoisotopic (exact) mass is 408 g/mol. The lowest BCUT2D eigenvalue weighted by Crippen LogP contribution is -2.47. The predicted octanol–water partition coefficient (Wildman–Crippen LogP) is 4.99. The van der Waals surface area contributed by atoms with Crippen molar-refractivity contribution in [1.29, 1.82) is 0 Å². The van der Waals surface area contributed by atoms with Crippen LogP contribution in [0.5, 0.6) is 0 Å². The lowest BCUT2D eigenvalue weighted by Gasteiger charge is -2.29. The van der Waals surface area contributed by atoms with Crippen LogP contribution in [0, 0.1) is 6.92 Å². The molecule has 4 heteroatoms. The maximum atomic E-state index is 13.2. The van der Waals surface area contributed by atoms with Gasteiger partial charge in [0.05, 0.1) is 0 Å². The summed E-state index contributed by atoms with van der Waals surface area (Å²) in [6, 6.07) is 16.0. The molecule has 0 radical (unpaired) electrons. The molecule has 1 atom stereocenters. The highest BCUT2D eigenvalue weighted by atomic mass is 16.2. The fraction of sp³-hybridized carbons (Fsp3) is 0.462. The number of rotatable bonds is 10. The molecule has 0 aliphatic heterocycles. The molecular weight excluding hydrogens is 372 g/mol. The van der Waals surface area contributed by atoms with E-state index in [1.807, 2.05) is 45.0 Å². The average Bonchev–Trinajstić information content (AvgIpc) is 2.75. The molecule has 4 nitrogen and oxygen atoms in total. The standard InChI is InChI=1S/C26H36N2O2/c1-6-17-27-26(30)21(5)28(18-24-10-8-7-9-20(24)4)25(29)16-13-22-11-14-23(15-12-22)19(2)3/h7-12,14-15,19,21H,6,13,16-18H2,1-5H3,(H,27,30). The first-order valence-corrected chi connectivity index (χ1v) is 11.0. The highest BCUT2D eigenvalue weighted by molar-refractivity contribution is 5.87. The summed E-state index contributed by atoms with van der Waals surface area (Å²) in [5.41, 5.74) is 4.64. The molecule has 1 unspecified atom stereocenters. The van der Waals surface area contributed by atoms with Crippen molar-refractivity contribution >= 4 is 11.8 Å². The zero-order valence-corrected chi connectivity index (χ0v) is 19.1. The van der Waals surface area contributed by atoms with E-state index in [2.05, 4.69) is 43.4 Å². The fourth-order valence-corrected chi connectivity index (χ4v) is 3.41. The second kappa shape index (κ2) is 11.5. The zero-order chi connectivity index (χ0) is 22.1. The lowest BCUT2D eigenvalue weighted by molar-refractivity contribution is -0.140. The number of nitrogens with zero attached hydrogens (tertiary/aromatic N) is 1. The molecule has 1 N–H and O–H groups in total. The van der Waals surface area contributed by atoms with Crippen molar-refractivity contribution in [3.8, 4) is 0 Å². The van der Waals surface area contributed by atoms with Crippen LogP contribution in [0.2, 0.25) is 0 Å². The van der Waals surface area contributed by atoms with Crippen LogP contribution in [0.3, 0.4) is 0 Å². The molecule has 162 valence electrons. The Morgan fingerprint density at radius 2 is 1.67 bits per heavy atom. The van der Waals surface area contributed by atoms with Gasteiger partial charge >= 0.3 is 0 Å². The van der Waals surface area contributed by atoms with Crippen LogP contribution in [-0.2, 0) is 22.6 Å². The van der Waals surface area contributed by atoms with E-state index in [-0.39, 0.29) is 11.8 Å². The van der Waals surface area contributed by atoms with E-state index >= 15 is 0 Å². The Bertz CT molecular complexity index is 827. The summed E-state index contributed by atoms with van der Waals surface area (Å²) >= 11 is 0. The summed E-state index contributed by atoms with van der Waals surface area (Å²) in [4.78, 5) is 27.5. The molecule has 0 saturated carbocycles. The van der Waals surface area contributed by atoms with Gasteiger partial charge in [0.25, 0.3) is 0 Å². The molecule has 2 aromatic carbocycles. The number of hydrogen-bond donors (Lipinski definition) is 1. The summed E-state index contributed by atoms with van der Waals surface area (Å²) in [6.45, 7) is 11.3. The average molecular weight is 409 g/mol. The van der Waals surface area contributed by atoms with Gasteiger partial charge in [0.15, 0.2) is 0 Å². The van der Waals surface area contributed by atoms with Crippen molar-refractivity contribution in [3.05, 3.63) is 70.8 Å². The summed E-state index contributed by atoms with van der Waals surface area (Å²) in [5.74, 6) is 0.401. The normalized spacial score (nSPS) is 11.9. The highest BCUT2D eigenvalue weighted by Crippen LogP contribution is 2.18. The number of hydrogen-bond acceptors (Lipinski definition) is 2. The van der Waals surface area contributed by atoms with Crippen molar-refractivity contribution in [2.24, 2.45) is 0 Å². The second-order valence-electron chi connectivity index (χ2n) is 8.31.